The van der Waals surface area contributed by atoms with Crippen LogP contribution in [-0.4, -0.2) is 18.0 Å². The third-order valence-electron chi connectivity index (χ3n) is 3.83. The lowest BCUT2D eigenvalue weighted by Crippen LogP contribution is -2.50. The zero-order valence-corrected chi connectivity index (χ0v) is 12.8. The molecule has 1 fully saturated rings. The van der Waals surface area contributed by atoms with Crippen molar-refractivity contribution in [3.05, 3.63) is 0 Å². The molecule has 1 aliphatic rings. The number of rotatable bonds is 5. The van der Waals surface area contributed by atoms with Gasteiger partial charge in [0.2, 0.25) is 5.91 Å². The molecule has 0 bridgehead atoms. The molecule has 0 radical (unpaired) electrons. The van der Waals surface area contributed by atoms with Crippen LogP contribution in [0.2, 0.25) is 0 Å². The second-order valence-electron chi connectivity index (χ2n) is 6.22. The normalized spacial score (nSPS) is 18.9. The summed E-state index contributed by atoms with van der Waals surface area (Å²) in [6.45, 7) is 6.46. The summed E-state index contributed by atoms with van der Waals surface area (Å²) >= 11 is 0. The van der Waals surface area contributed by atoms with Crippen molar-refractivity contribution in [3.8, 4) is 0 Å². The largest absolute Gasteiger partial charge is 0.350 e. The van der Waals surface area contributed by atoms with E-state index in [0.717, 1.165) is 12.3 Å². The molecule has 1 unspecified atom stereocenters. The van der Waals surface area contributed by atoms with Crippen LogP contribution in [0.4, 0.5) is 0 Å². The summed E-state index contributed by atoms with van der Waals surface area (Å²) in [5, 5.41) is 3.03. The van der Waals surface area contributed by atoms with E-state index in [9.17, 15) is 4.79 Å². The highest BCUT2D eigenvalue weighted by atomic mass is 35.5. The van der Waals surface area contributed by atoms with E-state index in [1.807, 2.05) is 20.8 Å². The molecular formula is C14H29ClN2O. The molecule has 1 amide bonds. The van der Waals surface area contributed by atoms with E-state index in [1.165, 1.54) is 32.1 Å². The van der Waals surface area contributed by atoms with Gasteiger partial charge in [-0.25, -0.2) is 0 Å². The molecule has 0 spiro atoms. The molecule has 0 aliphatic heterocycles. The molecule has 1 aliphatic carbocycles. The van der Waals surface area contributed by atoms with Crippen LogP contribution in [0.5, 0.6) is 0 Å². The van der Waals surface area contributed by atoms with Gasteiger partial charge in [-0.2, -0.15) is 0 Å². The molecule has 3 nitrogen and oxygen atoms in total. The summed E-state index contributed by atoms with van der Waals surface area (Å²) in [6, 6.07) is 0. The average molecular weight is 277 g/mol. The van der Waals surface area contributed by atoms with Gasteiger partial charge in [0, 0.05) is 18.0 Å². The fourth-order valence-corrected chi connectivity index (χ4v) is 2.54. The molecule has 0 saturated heterocycles. The Hall–Kier alpha value is -0.280. The summed E-state index contributed by atoms with van der Waals surface area (Å²) < 4.78 is 0. The van der Waals surface area contributed by atoms with Gasteiger partial charge in [0.05, 0.1) is 0 Å². The zero-order chi connectivity index (χ0) is 12.9. The van der Waals surface area contributed by atoms with Crippen LogP contribution in [0.3, 0.4) is 0 Å². The van der Waals surface area contributed by atoms with Crippen molar-refractivity contribution in [2.24, 2.45) is 17.6 Å². The molecule has 1 atom stereocenters. The second-order valence-corrected chi connectivity index (χ2v) is 6.22. The number of nitrogens with one attached hydrogen (secondary N) is 1. The summed E-state index contributed by atoms with van der Waals surface area (Å²) in [5.74, 6) is 1.03. The number of carbonyl (C=O) groups is 1. The number of carbonyl (C=O) groups excluding carboxylic acids is 1. The molecule has 1 rings (SSSR count). The van der Waals surface area contributed by atoms with Gasteiger partial charge in [0.15, 0.2) is 0 Å². The monoisotopic (exact) mass is 276 g/mol. The van der Waals surface area contributed by atoms with Gasteiger partial charge in [-0.3, -0.25) is 4.79 Å². The molecule has 0 aromatic carbocycles. The molecule has 0 aromatic rings. The van der Waals surface area contributed by atoms with Gasteiger partial charge in [0.1, 0.15) is 0 Å². The van der Waals surface area contributed by atoms with Crippen LogP contribution in [0.25, 0.3) is 0 Å². The number of hydrogen-bond donors (Lipinski definition) is 2. The Morgan fingerprint density at radius 3 is 2.39 bits per heavy atom. The summed E-state index contributed by atoms with van der Waals surface area (Å²) in [5.41, 5.74) is 5.34. The van der Waals surface area contributed by atoms with Crippen molar-refractivity contribution in [1.29, 1.82) is 0 Å². The maximum atomic E-state index is 12.0. The van der Waals surface area contributed by atoms with Crippen LogP contribution in [-0.2, 0) is 4.79 Å². The second kappa shape index (κ2) is 8.00. The first kappa shape index (κ1) is 17.7. The van der Waals surface area contributed by atoms with E-state index in [4.69, 9.17) is 5.73 Å². The van der Waals surface area contributed by atoms with Crippen LogP contribution >= 0.6 is 12.4 Å². The minimum atomic E-state index is -0.280. The molecule has 4 heteroatoms. The Bertz CT molecular complexity index is 250. The van der Waals surface area contributed by atoms with Gasteiger partial charge < -0.3 is 11.1 Å². The predicted molar refractivity (Wildman–Crippen MR) is 78.9 cm³/mol. The molecule has 18 heavy (non-hydrogen) atoms. The Morgan fingerprint density at radius 1 is 1.33 bits per heavy atom. The Labute approximate surface area is 118 Å². The van der Waals surface area contributed by atoms with Crippen molar-refractivity contribution in [2.75, 3.05) is 6.54 Å². The van der Waals surface area contributed by atoms with Crippen molar-refractivity contribution >= 4 is 18.3 Å². The lowest BCUT2D eigenvalue weighted by molar-refractivity contribution is -0.126. The SMILES string of the molecule is CC(CC1CCCCC1)C(=O)NC(C)(C)CN.Cl. The van der Waals surface area contributed by atoms with Crippen molar-refractivity contribution in [3.63, 3.8) is 0 Å². The van der Waals surface area contributed by atoms with Gasteiger partial charge in [-0.15, -0.1) is 12.4 Å². The summed E-state index contributed by atoms with van der Waals surface area (Å²) in [6.07, 6.45) is 7.69. The molecule has 0 aromatic heterocycles. The molecule has 0 heterocycles. The number of halogens is 1. The Balaban J connectivity index is 0.00000289. The molecule has 108 valence electrons. The van der Waals surface area contributed by atoms with Gasteiger partial charge in [-0.05, 0) is 26.2 Å². The Morgan fingerprint density at radius 2 is 1.89 bits per heavy atom. The van der Waals surface area contributed by atoms with Crippen LogP contribution in [0.1, 0.15) is 59.3 Å². The van der Waals surface area contributed by atoms with Crippen LogP contribution in [0, 0.1) is 11.8 Å². The number of amides is 1. The lowest BCUT2D eigenvalue weighted by Gasteiger charge is -2.28. The lowest BCUT2D eigenvalue weighted by atomic mass is 9.83. The van der Waals surface area contributed by atoms with Gasteiger partial charge in [-0.1, -0.05) is 39.0 Å². The highest BCUT2D eigenvalue weighted by Gasteiger charge is 2.24. The topological polar surface area (TPSA) is 55.1 Å². The van der Waals surface area contributed by atoms with Crippen LogP contribution < -0.4 is 11.1 Å². The first-order valence-electron chi connectivity index (χ1n) is 6.96. The van der Waals surface area contributed by atoms with Crippen LogP contribution in [0.15, 0.2) is 0 Å². The fraction of sp³-hybridized carbons (Fsp3) is 0.929. The first-order chi connectivity index (χ1) is 7.94. The number of nitrogens with two attached hydrogens (primary N) is 1. The molecule has 1 saturated carbocycles. The fourth-order valence-electron chi connectivity index (χ4n) is 2.54. The van der Waals surface area contributed by atoms with E-state index in [0.29, 0.717) is 6.54 Å². The smallest absolute Gasteiger partial charge is 0.223 e. The Kier molecular flexibility index (Phi) is 7.88. The standard InChI is InChI=1S/C14H28N2O.ClH/c1-11(9-12-7-5-4-6-8-12)13(17)16-14(2,3)10-15;/h11-12H,4-10,15H2,1-3H3,(H,16,17);1H. The van der Waals surface area contributed by atoms with E-state index < -0.39 is 0 Å². The van der Waals surface area contributed by atoms with Gasteiger partial charge in [0.25, 0.3) is 0 Å². The third kappa shape index (κ3) is 6.05. The maximum absolute atomic E-state index is 12.0. The first-order valence-corrected chi connectivity index (χ1v) is 6.96. The van der Waals surface area contributed by atoms with E-state index >= 15 is 0 Å². The van der Waals surface area contributed by atoms with Gasteiger partial charge >= 0.3 is 0 Å². The number of hydrogen-bond acceptors (Lipinski definition) is 2. The highest BCUT2D eigenvalue weighted by Crippen LogP contribution is 2.29. The van der Waals surface area contributed by atoms with E-state index in [2.05, 4.69) is 5.32 Å². The predicted octanol–water partition coefficient (Wildman–Crippen LogP) is 2.87. The van der Waals surface area contributed by atoms with Crippen molar-refractivity contribution in [2.45, 2.75) is 64.8 Å². The average Bonchev–Trinajstić information content (AvgIpc) is 2.30. The van der Waals surface area contributed by atoms with Crippen molar-refractivity contribution < 1.29 is 4.79 Å². The third-order valence-corrected chi connectivity index (χ3v) is 3.83. The molecule has 3 N–H and O–H groups in total. The van der Waals surface area contributed by atoms with Crippen molar-refractivity contribution in [1.82, 2.24) is 5.32 Å². The minimum Gasteiger partial charge on any atom is -0.350 e. The zero-order valence-electron chi connectivity index (χ0n) is 12.0. The minimum absolute atomic E-state index is 0. The van der Waals surface area contributed by atoms with E-state index in [-0.39, 0.29) is 29.8 Å². The molecular weight excluding hydrogens is 248 g/mol. The maximum Gasteiger partial charge on any atom is 0.223 e. The summed E-state index contributed by atoms with van der Waals surface area (Å²) in [7, 11) is 0. The summed E-state index contributed by atoms with van der Waals surface area (Å²) in [4.78, 5) is 12.0. The highest BCUT2D eigenvalue weighted by molar-refractivity contribution is 5.85. The quantitative estimate of drug-likeness (QED) is 0.811. The van der Waals surface area contributed by atoms with E-state index in [1.54, 1.807) is 0 Å².